The smallest absolute Gasteiger partial charge is 0.0378 e. The molecule has 0 saturated heterocycles. The molecule has 2 nitrogen and oxygen atoms in total. The van der Waals surface area contributed by atoms with Crippen molar-refractivity contribution in [1.29, 1.82) is 0 Å². The lowest BCUT2D eigenvalue weighted by Crippen LogP contribution is -2.34. The molecule has 2 heteroatoms. The number of nitrogens with zero attached hydrogens (tertiary/aromatic N) is 1. The van der Waals surface area contributed by atoms with Crippen LogP contribution in [-0.4, -0.2) is 31.6 Å². The zero-order valence-electron chi connectivity index (χ0n) is 15.3. The van der Waals surface area contributed by atoms with Crippen LogP contribution in [0.2, 0.25) is 0 Å². The Kier molecular flexibility index (Phi) is 10.2. The average molecular weight is 293 g/mol. The van der Waals surface area contributed by atoms with Gasteiger partial charge in [0.15, 0.2) is 0 Å². The van der Waals surface area contributed by atoms with E-state index < -0.39 is 0 Å². The monoisotopic (exact) mass is 292 g/mol. The van der Waals surface area contributed by atoms with Crippen LogP contribution in [-0.2, 0) is 5.41 Å². The zero-order chi connectivity index (χ0) is 16.3. The number of hydrogen-bond donors (Lipinski definition) is 1. The van der Waals surface area contributed by atoms with E-state index in [1.165, 1.54) is 30.6 Å². The lowest BCUT2D eigenvalue weighted by atomic mass is 9.74. The Morgan fingerprint density at radius 1 is 1.14 bits per heavy atom. The van der Waals surface area contributed by atoms with Gasteiger partial charge >= 0.3 is 0 Å². The molecule has 1 aliphatic rings. The van der Waals surface area contributed by atoms with Crippen LogP contribution in [0.25, 0.3) is 0 Å². The Bertz CT molecular complexity index is 376. The summed E-state index contributed by atoms with van der Waals surface area (Å²) in [6.45, 7) is 16.1. The summed E-state index contributed by atoms with van der Waals surface area (Å²) in [7, 11) is 2.20. The summed E-state index contributed by atoms with van der Waals surface area (Å²) in [6.07, 6.45) is 2.48. The molecule has 1 heterocycles. The molecule has 21 heavy (non-hydrogen) atoms. The van der Waals surface area contributed by atoms with Gasteiger partial charge < -0.3 is 10.2 Å². The van der Waals surface area contributed by atoms with Crippen molar-refractivity contribution in [3.63, 3.8) is 0 Å². The standard InChI is InChI=1S/C15H24N2.2C2H6/c1-4-17(3)12-10-15(2)9-11-16-14-8-6-5-7-13(14)15;2*1-2/h5-8,16H,4,9-12H2,1-3H3;2*1-2H3. The van der Waals surface area contributed by atoms with Crippen molar-refractivity contribution >= 4 is 5.69 Å². The molecule has 0 aliphatic carbocycles. The first-order valence-corrected chi connectivity index (χ1v) is 8.67. The van der Waals surface area contributed by atoms with E-state index in [0.717, 1.165) is 13.1 Å². The van der Waals surface area contributed by atoms with E-state index in [9.17, 15) is 0 Å². The SMILES string of the molecule is CC.CC.CCN(C)CCC1(C)CCNc2ccccc21. The van der Waals surface area contributed by atoms with Gasteiger partial charge in [0.2, 0.25) is 0 Å². The highest BCUT2D eigenvalue weighted by Crippen LogP contribution is 2.39. The third kappa shape index (κ3) is 5.70. The number of para-hydroxylation sites is 1. The van der Waals surface area contributed by atoms with Gasteiger partial charge in [0.1, 0.15) is 0 Å². The number of nitrogens with one attached hydrogen (secondary N) is 1. The second-order valence-corrected chi connectivity index (χ2v) is 5.43. The molecular formula is C19H36N2. The summed E-state index contributed by atoms with van der Waals surface area (Å²) in [5, 5.41) is 3.51. The van der Waals surface area contributed by atoms with E-state index in [2.05, 4.69) is 55.4 Å². The van der Waals surface area contributed by atoms with Crippen LogP contribution in [0.5, 0.6) is 0 Å². The summed E-state index contributed by atoms with van der Waals surface area (Å²) >= 11 is 0. The highest BCUT2D eigenvalue weighted by molar-refractivity contribution is 5.56. The fraction of sp³-hybridized carbons (Fsp3) is 0.684. The van der Waals surface area contributed by atoms with E-state index in [-0.39, 0.29) is 0 Å². The molecule has 1 aromatic rings. The van der Waals surface area contributed by atoms with Gasteiger partial charge in [0.25, 0.3) is 0 Å². The van der Waals surface area contributed by atoms with Gasteiger partial charge in [-0.05, 0) is 50.0 Å². The van der Waals surface area contributed by atoms with Gasteiger partial charge in [-0.15, -0.1) is 0 Å². The summed E-state index contributed by atoms with van der Waals surface area (Å²) in [6, 6.07) is 8.77. The molecule has 2 rings (SSSR count). The molecule has 122 valence electrons. The van der Waals surface area contributed by atoms with Gasteiger partial charge in [0, 0.05) is 12.2 Å². The molecule has 0 amide bonds. The summed E-state index contributed by atoms with van der Waals surface area (Å²) < 4.78 is 0. The van der Waals surface area contributed by atoms with Crippen LogP contribution < -0.4 is 5.32 Å². The number of hydrogen-bond acceptors (Lipinski definition) is 2. The van der Waals surface area contributed by atoms with Crippen LogP contribution in [0.3, 0.4) is 0 Å². The van der Waals surface area contributed by atoms with Gasteiger partial charge in [-0.25, -0.2) is 0 Å². The van der Waals surface area contributed by atoms with Gasteiger partial charge in [-0.2, -0.15) is 0 Å². The fourth-order valence-corrected chi connectivity index (χ4v) is 2.63. The lowest BCUT2D eigenvalue weighted by molar-refractivity contribution is 0.288. The van der Waals surface area contributed by atoms with E-state index >= 15 is 0 Å². The van der Waals surface area contributed by atoms with Gasteiger partial charge in [0.05, 0.1) is 0 Å². The zero-order valence-corrected chi connectivity index (χ0v) is 15.3. The maximum atomic E-state index is 3.51. The molecule has 1 atom stereocenters. The first kappa shape index (κ1) is 20.0. The van der Waals surface area contributed by atoms with Gasteiger partial charge in [-0.1, -0.05) is 59.7 Å². The quantitative estimate of drug-likeness (QED) is 0.825. The maximum Gasteiger partial charge on any atom is 0.0378 e. The highest BCUT2D eigenvalue weighted by Gasteiger charge is 2.31. The van der Waals surface area contributed by atoms with Gasteiger partial charge in [-0.3, -0.25) is 0 Å². The van der Waals surface area contributed by atoms with Crippen molar-refractivity contribution in [2.75, 3.05) is 32.0 Å². The Balaban J connectivity index is 0.000000921. The van der Waals surface area contributed by atoms with Crippen LogP contribution >= 0.6 is 0 Å². The number of fused-ring (bicyclic) bond motifs is 1. The fourth-order valence-electron chi connectivity index (χ4n) is 2.63. The molecule has 0 radical (unpaired) electrons. The first-order valence-electron chi connectivity index (χ1n) is 8.67. The van der Waals surface area contributed by atoms with E-state index in [1.807, 2.05) is 27.7 Å². The molecular weight excluding hydrogens is 256 g/mol. The van der Waals surface area contributed by atoms with Crippen molar-refractivity contribution in [2.24, 2.45) is 0 Å². The molecule has 0 spiro atoms. The predicted octanol–water partition coefficient (Wildman–Crippen LogP) is 5.15. The van der Waals surface area contributed by atoms with Crippen LogP contribution in [0, 0.1) is 0 Å². The number of rotatable bonds is 4. The minimum absolute atomic E-state index is 0.339. The average Bonchev–Trinajstić information content (AvgIpc) is 2.57. The molecule has 1 aromatic carbocycles. The summed E-state index contributed by atoms with van der Waals surface area (Å²) in [5.41, 5.74) is 3.17. The third-order valence-corrected chi connectivity index (χ3v) is 4.15. The second kappa shape index (κ2) is 10.7. The largest absolute Gasteiger partial charge is 0.385 e. The second-order valence-electron chi connectivity index (χ2n) is 5.43. The number of benzene rings is 1. The molecule has 1 unspecified atom stereocenters. The van der Waals surface area contributed by atoms with E-state index in [0.29, 0.717) is 5.41 Å². The predicted molar refractivity (Wildman–Crippen MR) is 97.4 cm³/mol. The van der Waals surface area contributed by atoms with E-state index in [1.54, 1.807) is 0 Å². The lowest BCUT2D eigenvalue weighted by Gasteiger charge is -2.37. The minimum atomic E-state index is 0.339. The molecule has 0 bridgehead atoms. The highest BCUT2D eigenvalue weighted by atomic mass is 15.1. The van der Waals surface area contributed by atoms with Crippen molar-refractivity contribution in [3.05, 3.63) is 29.8 Å². The summed E-state index contributed by atoms with van der Waals surface area (Å²) in [4.78, 5) is 2.40. The van der Waals surface area contributed by atoms with Crippen molar-refractivity contribution in [2.45, 2.75) is 59.8 Å². The third-order valence-electron chi connectivity index (χ3n) is 4.15. The summed E-state index contributed by atoms with van der Waals surface area (Å²) in [5.74, 6) is 0. The first-order chi connectivity index (χ1) is 10.2. The van der Waals surface area contributed by atoms with Crippen molar-refractivity contribution in [3.8, 4) is 0 Å². The minimum Gasteiger partial charge on any atom is -0.385 e. The molecule has 1 aliphatic heterocycles. The Labute approximate surface area is 132 Å². The molecule has 1 N–H and O–H groups in total. The van der Waals surface area contributed by atoms with Crippen LogP contribution in [0.4, 0.5) is 5.69 Å². The molecule has 0 saturated carbocycles. The molecule has 0 aromatic heterocycles. The van der Waals surface area contributed by atoms with Crippen LogP contribution in [0.15, 0.2) is 24.3 Å². The Hall–Kier alpha value is -1.02. The number of anilines is 1. The Morgan fingerprint density at radius 3 is 2.38 bits per heavy atom. The maximum absolute atomic E-state index is 3.51. The van der Waals surface area contributed by atoms with Crippen LogP contribution in [0.1, 0.15) is 59.9 Å². The Morgan fingerprint density at radius 2 is 1.76 bits per heavy atom. The normalized spacial score (nSPS) is 19.4. The van der Waals surface area contributed by atoms with E-state index in [4.69, 9.17) is 0 Å². The topological polar surface area (TPSA) is 15.3 Å². The van der Waals surface area contributed by atoms with Crippen molar-refractivity contribution < 1.29 is 0 Å². The molecule has 0 fully saturated rings. The van der Waals surface area contributed by atoms with Crippen molar-refractivity contribution in [1.82, 2.24) is 4.90 Å².